The number of esters is 1. The van der Waals surface area contributed by atoms with Gasteiger partial charge in [0.2, 0.25) is 6.10 Å². The fourth-order valence-electron chi connectivity index (χ4n) is 4.64. The number of carbonyl (C=O) groups excluding carboxylic acids is 1. The maximum Gasteiger partial charge on any atom is 0.343 e. The molecule has 36 heavy (non-hydrogen) atoms. The van der Waals surface area contributed by atoms with Gasteiger partial charge in [0, 0.05) is 0 Å². The van der Waals surface area contributed by atoms with E-state index < -0.39 is 32.5 Å². The van der Waals surface area contributed by atoms with E-state index in [1.165, 1.54) is 7.11 Å². The maximum atomic E-state index is 12.8. The molecule has 5 nitrogen and oxygen atoms in total. The molecule has 0 saturated carbocycles. The lowest BCUT2D eigenvalue weighted by molar-refractivity contribution is -0.157. The van der Waals surface area contributed by atoms with Crippen LogP contribution in [0.15, 0.2) is 91.0 Å². The van der Waals surface area contributed by atoms with Gasteiger partial charge in [-0.2, -0.15) is 0 Å². The lowest BCUT2D eigenvalue weighted by atomic mass is 10.1. The minimum Gasteiger partial charge on any atom is -0.467 e. The summed E-state index contributed by atoms with van der Waals surface area (Å²) in [5, 5.41) is 1.96. The lowest BCUT2D eigenvalue weighted by Crippen LogP contribution is -2.68. The zero-order chi connectivity index (χ0) is 26.2. The number of benzene rings is 3. The first-order chi connectivity index (χ1) is 17.2. The quantitative estimate of drug-likeness (QED) is 0.223. The summed E-state index contributed by atoms with van der Waals surface area (Å²) in [6, 6.07) is 29.2. The average molecular weight is 502 g/mol. The Bertz CT molecular complexity index is 1100. The fourth-order valence-corrected chi connectivity index (χ4v) is 9.35. The Balaban J connectivity index is 2.02. The molecule has 0 aromatic heterocycles. The van der Waals surface area contributed by atoms with Gasteiger partial charge in [0.05, 0.1) is 13.7 Å². The first-order valence-electron chi connectivity index (χ1n) is 12.1. The summed E-state index contributed by atoms with van der Waals surface area (Å²) in [7, 11) is -1.60. The lowest BCUT2D eigenvalue weighted by Gasteiger charge is -2.44. The number of ether oxygens (including phenoxy) is 2. The molecular weight excluding hydrogens is 466 g/mol. The van der Waals surface area contributed by atoms with E-state index in [0.717, 1.165) is 15.9 Å². The average Bonchev–Trinajstić information content (AvgIpc) is 2.90. The van der Waals surface area contributed by atoms with Gasteiger partial charge in [-0.25, -0.2) is 11.4 Å². The minimum absolute atomic E-state index is 0.193. The Hall–Kier alpha value is -3.24. The molecule has 3 aromatic carbocycles. The molecule has 0 bridgehead atoms. The van der Waals surface area contributed by atoms with Crippen LogP contribution in [0.5, 0.6) is 0 Å². The van der Waals surface area contributed by atoms with Gasteiger partial charge in [-0.05, 0) is 27.9 Å². The zero-order valence-electron chi connectivity index (χ0n) is 21.7. The van der Waals surface area contributed by atoms with E-state index in [4.69, 9.17) is 20.5 Å². The Morgan fingerprint density at radius 3 is 1.78 bits per heavy atom. The highest BCUT2D eigenvalue weighted by Gasteiger charge is 2.53. The number of hydrogen-bond donors (Lipinski definition) is 0. The van der Waals surface area contributed by atoms with Crippen LogP contribution in [-0.4, -0.2) is 39.6 Å². The highest BCUT2D eigenvalue weighted by atomic mass is 28.4. The third-order valence-electron chi connectivity index (χ3n) is 6.43. The molecule has 0 heterocycles. The van der Waals surface area contributed by atoms with Crippen molar-refractivity contribution in [2.45, 2.75) is 57.6 Å². The van der Waals surface area contributed by atoms with Crippen LogP contribution >= 0.6 is 0 Å². The van der Waals surface area contributed by atoms with Crippen LogP contribution in [0.25, 0.3) is 4.85 Å². The zero-order valence-corrected chi connectivity index (χ0v) is 22.7. The third-order valence-corrected chi connectivity index (χ3v) is 11.6. The molecule has 0 radical (unpaired) electrons. The van der Waals surface area contributed by atoms with Crippen molar-refractivity contribution in [3.8, 4) is 0 Å². The molecule has 188 valence electrons. The molecule has 0 N–H and O–H groups in total. The van der Waals surface area contributed by atoms with Crippen molar-refractivity contribution in [1.29, 1.82) is 0 Å². The van der Waals surface area contributed by atoms with Gasteiger partial charge in [0.1, 0.15) is 6.10 Å². The van der Waals surface area contributed by atoms with Crippen LogP contribution in [0, 0.1) is 6.57 Å². The van der Waals surface area contributed by atoms with Gasteiger partial charge in [-0.3, -0.25) is 0 Å². The van der Waals surface area contributed by atoms with E-state index in [1.807, 2.05) is 73.7 Å². The topological polar surface area (TPSA) is 49.1 Å². The second-order valence-corrected chi connectivity index (χ2v) is 14.1. The summed E-state index contributed by atoms with van der Waals surface area (Å²) in [4.78, 5) is 16.7. The number of nitrogens with zero attached hydrogens (tertiary/aromatic N) is 1. The number of hydrogen-bond acceptors (Lipinski definition) is 4. The van der Waals surface area contributed by atoms with Crippen molar-refractivity contribution in [1.82, 2.24) is 0 Å². The summed E-state index contributed by atoms with van der Waals surface area (Å²) in [6.45, 7) is 16.6. The molecule has 0 unspecified atom stereocenters. The number of carbonyl (C=O) groups is 1. The first-order valence-corrected chi connectivity index (χ1v) is 14.0. The monoisotopic (exact) mass is 501 g/mol. The largest absolute Gasteiger partial charge is 0.467 e. The summed E-state index contributed by atoms with van der Waals surface area (Å²) >= 11 is 0. The van der Waals surface area contributed by atoms with Crippen LogP contribution in [0.2, 0.25) is 5.04 Å². The summed E-state index contributed by atoms with van der Waals surface area (Å²) in [6.07, 6.45) is -1.69. The summed E-state index contributed by atoms with van der Waals surface area (Å²) in [5.74, 6) is -0.579. The van der Waals surface area contributed by atoms with Gasteiger partial charge in [-0.15, -0.1) is 0 Å². The second-order valence-electron chi connectivity index (χ2n) is 9.85. The van der Waals surface area contributed by atoms with E-state index in [-0.39, 0.29) is 11.6 Å². The molecule has 0 amide bonds. The molecule has 3 atom stereocenters. The van der Waals surface area contributed by atoms with Crippen molar-refractivity contribution in [2.24, 2.45) is 0 Å². The highest BCUT2D eigenvalue weighted by Crippen LogP contribution is 2.38. The van der Waals surface area contributed by atoms with Gasteiger partial charge >= 0.3 is 5.97 Å². The number of rotatable bonds is 10. The SMILES string of the molecule is [C-]#[N+][C@H]([C@H](C)O[Si](c1ccccc1)(c1ccccc1)C(C)(C)C)[C@H](OCc1ccccc1)C(=O)OC. The molecule has 3 aromatic rings. The fraction of sp³-hybridized carbons (Fsp3) is 0.333. The smallest absolute Gasteiger partial charge is 0.343 e. The third kappa shape index (κ3) is 5.93. The molecule has 0 aliphatic heterocycles. The molecule has 0 saturated heterocycles. The van der Waals surface area contributed by atoms with Crippen LogP contribution in [0.1, 0.15) is 33.3 Å². The van der Waals surface area contributed by atoms with Gasteiger partial charge < -0.3 is 18.7 Å². The molecule has 6 heteroatoms. The van der Waals surface area contributed by atoms with E-state index in [9.17, 15) is 4.79 Å². The molecule has 0 aliphatic carbocycles. The maximum absolute atomic E-state index is 12.8. The van der Waals surface area contributed by atoms with Crippen LogP contribution in [0.3, 0.4) is 0 Å². The van der Waals surface area contributed by atoms with Crippen molar-refractivity contribution in [2.75, 3.05) is 7.11 Å². The molecular formula is C30H35NO4Si. The van der Waals surface area contributed by atoms with Crippen molar-refractivity contribution in [3.63, 3.8) is 0 Å². The van der Waals surface area contributed by atoms with Gasteiger partial charge in [0.15, 0.2) is 0 Å². The molecule has 0 fully saturated rings. The Morgan fingerprint density at radius 1 is 0.889 bits per heavy atom. The van der Waals surface area contributed by atoms with Gasteiger partial charge in [-0.1, -0.05) is 112 Å². The summed E-state index contributed by atoms with van der Waals surface area (Å²) < 4.78 is 18.2. The Kier molecular flexibility index (Phi) is 9.22. The summed E-state index contributed by atoms with van der Waals surface area (Å²) in [5.41, 5.74) is 0.913. The molecule has 0 aliphatic rings. The van der Waals surface area contributed by atoms with Crippen LogP contribution in [-0.2, 0) is 25.3 Å². The predicted octanol–water partition coefficient (Wildman–Crippen LogP) is 5.00. The number of methoxy groups -OCH3 is 1. The van der Waals surface area contributed by atoms with E-state index in [1.54, 1.807) is 0 Å². The van der Waals surface area contributed by atoms with Crippen LogP contribution in [0.4, 0.5) is 0 Å². The Morgan fingerprint density at radius 2 is 1.36 bits per heavy atom. The van der Waals surface area contributed by atoms with Crippen molar-refractivity contribution in [3.05, 3.63) is 108 Å². The highest BCUT2D eigenvalue weighted by molar-refractivity contribution is 6.99. The minimum atomic E-state index is -2.92. The van der Waals surface area contributed by atoms with E-state index >= 15 is 0 Å². The van der Waals surface area contributed by atoms with Crippen molar-refractivity contribution >= 4 is 24.7 Å². The predicted molar refractivity (Wildman–Crippen MR) is 146 cm³/mol. The van der Waals surface area contributed by atoms with E-state index in [2.05, 4.69) is 49.9 Å². The normalized spacial score (nSPS) is 14.3. The molecule has 0 spiro atoms. The second kappa shape index (κ2) is 12.1. The van der Waals surface area contributed by atoms with Crippen LogP contribution < -0.4 is 10.4 Å². The molecule has 3 rings (SSSR count). The standard InChI is InChI=1S/C30H35NO4Si/c1-23(27(31-5)28(29(32)33-6)34-22-24-16-10-7-11-17-24)35-36(30(2,3)4,25-18-12-8-13-19-25)26-20-14-9-15-21-26/h7-21,23,27-28H,22H2,1-4,6H3/t23-,27+,28-/m0/s1. The Labute approximate surface area is 216 Å². The first kappa shape index (κ1) is 27.3. The van der Waals surface area contributed by atoms with Gasteiger partial charge in [0.25, 0.3) is 14.4 Å². The van der Waals surface area contributed by atoms with Crippen molar-refractivity contribution < 1.29 is 18.7 Å². The van der Waals surface area contributed by atoms with E-state index in [0.29, 0.717) is 0 Å².